The van der Waals surface area contributed by atoms with E-state index in [1.54, 1.807) is 30.3 Å². The standard InChI is InChI=1S/C13H20N2O3S/c1-14(2)9-11-8-12(16)10-15(11)19(17,18)13-6-4-3-5-7-13/h3-7,11-12,16H,8-10H2,1-2H3. The molecule has 106 valence electrons. The first-order chi connectivity index (χ1) is 8.91. The first kappa shape index (κ1) is 14.5. The van der Waals surface area contributed by atoms with E-state index < -0.39 is 16.1 Å². The molecule has 2 unspecified atom stereocenters. The normalized spacial score (nSPS) is 25.1. The fraction of sp³-hybridized carbons (Fsp3) is 0.538. The molecule has 6 heteroatoms. The van der Waals surface area contributed by atoms with Crippen LogP contribution in [0.3, 0.4) is 0 Å². The van der Waals surface area contributed by atoms with E-state index in [-0.39, 0.29) is 17.5 Å². The average Bonchev–Trinajstić information content (AvgIpc) is 2.71. The molecule has 2 atom stereocenters. The molecule has 1 aromatic carbocycles. The van der Waals surface area contributed by atoms with Gasteiger partial charge in [-0.3, -0.25) is 0 Å². The van der Waals surface area contributed by atoms with Crippen molar-refractivity contribution in [3.05, 3.63) is 30.3 Å². The highest BCUT2D eigenvalue weighted by Crippen LogP contribution is 2.26. The molecular formula is C13H20N2O3S. The monoisotopic (exact) mass is 284 g/mol. The molecule has 1 aliphatic rings. The van der Waals surface area contributed by atoms with Crippen LogP contribution in [0.2, 0.25) is 0 Å². The highest BCUT2D eigenvalue weighted by Gasteiger charge is 2.39. The molecule has 2 rings (SSSR count). The van der Waals surface area contributed by atoms with Crippen molar-refractivity contribution in [2.45, 2.75) is 23.5 Å². The van der Waals surface area contributed by atoms with Crippen molar-refractivity contribution < 1.29 is 13.5 Å². The van der Waals surface area contributed by atoms with Crippen molar-refractivity contribution in [3.8, 4) is 0 Å². The van der Waals surface area contributed by atoms with E-state index in [9.17, 15) is 13.5 Å². The Morgan fingerprint density at radius 2 is 1.95 bits per heavy atom. The number of nitrogens with zero attached hydrogens (tertiary/aromatic N) is 2. The summed E-state index contributed by atoms with van der Waals surface area (Å²) in [7, 11) is 0.282. The second kappa shape index (κ2) is 5.58. The van der Waals surface area contributed by atoms with E-state index in [1.807, 2.05) is 19.0 Å². The molecule has 0 aromatic heterocycles. The molecule has 1 aromatic rings. The number of likely N-dealkylation sites (N-methyl/N-ethyl adjacent to an activating group) is 1. The van der Waals surface area contributed by atoms with Crippen LogP contribution in [0.5, 0.6) is 0 Å². The van der Waals surface area contributed by atoms with E-state index >= 15 is 0 Å². The van der Waals surface area contributed by atoms with Gasteiger partial charge in [-0.2, -0.15) is 4.31 Å². The smallest absolute Gasteiger partial charge is 0.243 e. The van der Waals surface area contributed by atoms with Gasteiger partial charge < -0.3 is 10.0 Å². The minimum absolute atomic E-state index is 0.171. The van der Waals surface area contributed by atoms with E-state index in [0.717, 1.165) is 0 Å². The molecule has 5 nitrogen and oxygen atoms in total. The number of hydrogen-bond acceptors (Lipinski definition) is 4. The highest BCUT2D eigenvalue weighted by atomic mass is 32.2. The number of sulfonamides is 1. The molecule has 0 radical (unpaired) electrons. The van der Waals surface area contributed by atoms with Gasteiger partial charge in [-0.05, 0) is 32.6 Å². The molecular weight excluding hydrogens is 264 g/mol. The van der Waals surface area contributed by atoms with E-state index in [0.29, 0.717) is 13.0 Å². The molecule has 19 heavy (non-hydrogen) atoms. The largest absolute Gasteiger partial charge is 0.392 e. The van der Waals surface area contributed by atoms with Crippen molar-refractivity contribution in [1.82, 2.24) is 9.21 Å². The Morgan fingerprint density at radius 3 is 2.53 bits per heavy atom. The third kappa shape index (κ3) is 3.14. The summed E-state index contributed by atoms with van der Waals surface area (Å²) in [5, 5.41) is 9.77. The number of hydrogen-bond donors (Lipinski definition) is 1. The molecule has 0 aliphatic carbocycles. The fourth-order valence-electron chi connectivity index (χ4n) is 2.47. The number of aliphatic hydroxyl groups excluding tert-OH is 1. The van der Waals surface area contributed by atoms with Crippen LogP contribution in [0.4, 0.5) is 0 Å². The summed E-state index contributed by atoms with van der Waals surface area (Å²) in [5.74, 6) is 0. The van der Waals surface area contributed by atoms with Crippen molar-refractivity contribution in [2.24, 2.45) is 0 Å². The number of aliphatic hydroxyl groups is 1. The third-order valence-electron chi connectivity index (χ3n) is 3.27. The molecule has 0 saturated carbocycles. The van der Waals surface area contributed by atoms with E-state index in [1.165, 1.54) is 4.31 Å². The Bertz CT molecular complexity index is 516. The maximum Gasteiger partial charge on any atom is 0.243 e. The Hall–Kier alpha value is -0.950. The minimum Gasteiger partial charge on any atom is -0.392 e. The van der Waals surface area contributed by atoms with Crippen LogP contribution in [0.1, 0.15) is 6.42 Å². The zero-order chi connectivity index (χ0) is 14.0. The molecule has 1 fully saturated rings. The fourth-order valence-corrected chi connectivity index (χ4v) is 4.16. The average molecular weight is 284 g/mol. The molecule has 0 bridgehead atoms. The number of benzene rings is 1. The molecule has 1 N–H and O–H groups in total. The summed E-state index contributed by atoms with van der Waals surface area (Å²) < 4.78 is 26.6. The van der Waals surface area contributed by atoms with Crippen LogP contribution in [0, 0.1) is 0 Å². The number of rotatable bonds is 4. The van der Waals surface area contributed by atoms with Crippen molar-refractivity contribution in [3.63, 3.8) is 0 Å². The molecule has 0 spiro atoms. The van der Waals surface area contributed by atoms with Crippen LogP contribution in [-0.4, -0.2) is 62.1 Å². The lowest BCUT2D eigenvalue weighted by Crippen LogP contribution is -2.41. The molecule has 0 amide bonds. The van der Waals surface area contributed by atoms with Crippen molar-refractivity contribution in [2.75, 3.05) is 27.2 Å². The Labute approximate surface area is 114 Å². The van der Waals surface area contributed by atoms with Crippen molar-refractivity contribution >= 4 is 10.0 Å². The van der Waals surface area contributed by atoms with Gasteiger partial charge in [-0.15, -0.1) is 0 Å². The van der Waals surface area contributed by atoms with Gasteiger partial charge in [0.05, 0.1) is 11.0 Å². The predicted octanol–water partition coefficient (Wildman–Crippen LogP) is 0.372. The molecule has 1 heterocycles. The summed E-state index contributed by atoms with van der Waals surface area (Å²) in [6.45, 7) is 0.791. The van der Waals surface area contributed by atoms with Crippen LogP contribution < -0.4 is 0 Å². The summed E-state index contributed by atoms with van der Waals surface area (Å²) >= 11 is 0. The lowest BCUT2D eigenvalue weighted by molar-refractivity contribution is 0.188. The van der Waals surface area contributed by atoms with Gasteiger partial charge in [-0.1, -0.05) is 18.2 Å². The highest BCUT2D eigenvalue weighted by molar-refractivity contribution is 7.89. The zero-order valence-electron chi connectivity index (χ0n) is 11.2. The SMILES string of the molecule is CN(C)CC1CC(O)CN1S(=O)(=O)c1ccccc1. The van der Waals surface area contributed by atoms with Crippen molar-refractivity contribution in [1.29, 1.82) is 0 Å². The topological polar surface area (TPSA) is 60.9 Å². The Morgan fingerprint density at radius 1 is 1.32 bits per heavy atom. The summed E-state index contributed by atoms with van der Waals surface area (Å²) in [5.41, 5.74) is 0. The van der Waals surface area contributed by atoms with E-state index in [4.69, 9.17) is 0 Å². The van der Waals surface area contributed by atoms with Gasteiger partial charge in [0, 0.05) is 19.1 Å². The maximum atomic E-state index is 12.6. The zero-order valence-corrected chi connectivity index (χ0v) is 12.0. The maximum absolute atomic E-state index is 12.6. The Balaban J connectivity index is 2.28. The third-order valence-corrected chi connectivity index (χ3v) is 5.20. The summed E-state index contributed by atoms with van der Waals surface area (Å²) in [4.78, 5) is 2.23. The lowest BCUT2D eigenvalue weighted by Gasteiger charge is -2.26. The Kier molecular flexibility index (Phi) is 4.25. The van der Waals surface area contributed by atoms with Crippen LogP contribution in [-0.2, 0) is 10.0 Å². The first-order valence-corrected chi connectivity index (χ1v) is 7.75. The predicted molar refractivity (Wildman–Crippen MR) is 73.3 cm³/mol. The lowest BCUT2D eigenvalue weighted by atomic mass is 10.2. The van der Waals surface area contributed by atoms with Gasteiger partial charge in [0.1, 0.15) is 0 Å². The summed E-state index contributed by atoms with van der Waals surface area (Å²) in [6.07, 6.45) is -0.0898. The van der Waals surface area contributed by atoms with Crippen LogP contribution >= 0.6 is 0 Å². The summed E-state index contributed by atoms with van der Waals surface area (Å²) in [6, 6.07) is 8.21. The van der Waals surface area contributed by atoms with E-state index in [2.05, 4.69) is 0 Å². The van der Waals surface area contributed by atoms with Crippen LogP contribution in [0.25, 0.3) is 0 Å². The van der Waals surface area contributed by atoms with Crippen LogP contribution in [0.15, 0.2) is 35.2 Å². The quantitative estimate of drug-likeness (QED) is 0.868. The van der Waals surface area contributed by atoms with Gasteiger partial charge in [0.25, 0.3) is 0 Å². The second-order valence-corrected chi connectivity index (χ2v) is 7.08. The van der Waals surface area contributed by atoms with Gasteiger partial charge in [0.2, 0.25) is 10.0 Å². The molecule has 1 aliphatic heterocycles. The number of β-amino-alcohol motifs (C(OH)–C–C–N with tert-alkyl or cyclic N) is 1. The van der Waals surface area contributed by atoms with Gasteiger partial charge in [0.15, 0.2) is 0 Å². The molecule has 1 saturated heterocycles. The minimum atomic E-state index is -3.52. The van der Waals surface area contributed by atoms with Gasteiger partial charge in [-0.25, -0.2) is 8.42 Å². The second-order valence-electron chi connectivity index (χ2n) is 5.19. The van der Waals surface area contributed by atoms with Gasteiger partial charge >= 0.3 is 0 Å². The first-order valence-electron chi connectivity index (χ1n) is 6.31.